The largest absolute Gasteiger partial charge is 0.339 e. The van der Waals surface area contributed by atoms with Crippen LogP contribution in [-0.4, -0.2) is 52.7 Å². The molecule has 0 radical (unpaired) electrons. The summed E-state index contributed by atoms with van der Waals surface area (Å²) in [5, 5.41) is 11.1. The van der Waals surface area contributed by atoms with Gasteiger partial charge in [-0.05, 0) is 45.3 Å². The first-order valence-corrected chi connectivity index (χ1v) is 7.43. The first-order valence-electron chi connectivity index (χ1n) is 7.43. The molecule has 0 spiro atoms. The van der Waals surface area contributed by atoms with Crippen molar-refractivity contribution < 1.29 is 4.79 Å². The first-order chi connectivity index (χ1) is 10.2. The number of rotatable bonds is 3. The van der Waals surface area contributed by atoms with Gasteiger partial charge in [0.1, 0.15) is 0 Å². The van der Waals surface area contributed by atoms with Crippen LogP contribution in [0, 0.1) is 12.8 Å². The molecule has 1 saturated heterocycles. The van der Waals surface area contributed by atoms with Crippen molar-refractivity contribution in [1.82, 2.24) is 25.4 Å². The Morgan fingerprint density at radius 1 is 1.39 bits per heavy atom. The van der Waals surface area contributed by atoms with Crippen molar-refractivity contribution in [3.63, 3.8) is 0 Å². The van der Waals surface area contributed by atoms with E-state index in [9.17, 15) is 4.79 Å². The third kappa shape index (κ3) is 4.13. The van der Waals surface area contributed by atoms with E-state index >= 15 is 0 Å². The molecule has 0 aliphatic carbocycles. The van der Waals surface area contributed by atoms with E-state index in [0.717, 1.165) is 43.6 Å². The Hall–Kier alpha value is -1.37. The van der Waals surface area contributed by atoms with E-state index in [1.54, 1.807) is 6.20 Å². The highest BCUT2D eigenvalue weighted by atomic mass is 35.5. The second kappa shape index (κ2) is 8.47. The van der Waals surface area contributed by atoms with E-state index in [4.69, 9.17) is 0 Å². The van der Waals surface area contributed by atoms with Gasteiger partial charge in [-0.1, -0.05) is 0 Å². The van der Waals surface area contributed by atoms with Crippen LogP contribution in [0.1, 0.15) is 28.9 Å². The molecule has 1 amide bonds. The highest BCUT2D eigenvalue weighted by Gasteiger charge is 2.23. The van der Waals surface area contributed by atoms with E-state index < -0.39 is 0 Å². The molecule has 23 heavy (non-hydrogen) atoms. The number of nitrogens with one attached hydrogen (secondary N) is 2. The number of carbonyl (C=O) groups excluding carboxylic acids is 1. The van der Waals surface area contributed by atoms with Crippen LogP contribution in [-0.2, 0) is 0 Å². The number of aromatic nitrogens is 3. The zero-order valence-electron chi connectivity index (χ0n) is 13.3. The van der Waals surface area contributed by atoms with Gasteiger partial charge in [0.15, 0.2) is 5.65 Å². The molecule has 2 aromatic rings. The summed E-state index contributed by atoms with van der Waals surface area (Å²) in [5.41, 5.74) is 2.26. The average molecular weight is 360 g/mol. The molecule has 0 saturated carbocycles. The Morgan fingerprint density at radius 2 is 2.09 bits per heavy atom. The molecular weight excluding hydrogens is 337 g/mol. The molecule has 128 valence electrons. The molecule has 0 aromatic carbocycles. The topological polar surface area (TPSA) is 73.9 Å². The average Bonchev–Trinajstić information content (AvgIpc) is 2.89. The molecule has 2 aromatic heterocycles. The highest BCUT2D eigenvalue weighted by molar-refractivity contribution is 5.97. The molecule has 2 N–H and O–H groups in total. The standard InChI is InChI=1S/C15H21N5O.2ClH/c1-10-13-7-12(9-17-14(13)19-18-10)15(21)20-5-3-11(4-6-20)8-16-2;;/h7,9,11,16H,3-6,8H2,1-2H3,(H,17,18,19);2*1H. The zero-order valence-corrected chi connectivity index (χ0v) is 15.0. The summed E-state index contributed by atoms with van der Waals surface area (Å²) in [7, 11) is 1.98. The molecule has 8 heteroatoms. The van der Waals surface area contributed by atoms with E-state index in [1.165, 1.54) is 0 Å². The minimum atomic E-state index is 0. The quantitative estimate of drug-likeness (QED) is 0.880. The van der Waals surface area contributed by atoms with Crippen LogP contribution in [0.4, 0.5) is 0 Å². The number of amides is 1. The maximum absolute atomic E-state index is 12.6. The number of hydrogen-bond acceptors (Lipinski definition) is 4. The fourth-order valence-electron chi connectivity index (χ4n) is 2.95. The SMILES string of the molecule is CNCC1CCN(C(=O)c2cnc3n[nH]c(C)c3c2)CC1.Cl.Cl. The minimum Gasteiger partial charge on any atom is -0.339 e. The maximum atomic E-state index is 12.6. The lowest BCUT2D eigenvalue weighted by atomic mass is 9.96. The zero-order chi connectivity index (χ0) is 14.8. The number of likely N-dealkylation sites (tertiary alicyclic amines) is 1. The number of carbonyl (C=O) groups is 1. The van der Waals surface area contributed by atoms with Crippen molar-refractivity contribution in [1.29, 1.82) is 0 Å². The van der Waals surface area contributed by atoms with E-state index in [0.29, 0.717) is 17.1 Å². The summed E-state index contributed by atoms with van der Waals surface area (Å²) in [5.74, 6) is 0.753. The second-order valence-electron chi connectivity index (χ2n) is 5.74. The number of nitrogens with zero attached hydrogens (tertiary/aromatic N) is 3. The van der Waals surface area contributed by atoms with Gasteiger partial charge < -0.3 is 10.2 Å². The Bertz CT molecular complexity index is 652. The van der Waals surface area contributed by atoms with E-state index in [2.05, 4.69) is 20.5 Å². The van der Waals surface area contributed by atoms with E-state index in [1.807, 2.05) is 24.9 Å². The van der Waals surface area contributed by atoms with Crippen molar-refractivity contribution in [2.75, 3.05) is 26.7 Å². The van der Waals surface area contributed by atoms with Crippen LogP contribution in [0.2, 0.25) is 0 Å². The van der Waals surface area contributed by atoms with Gasteiger partial charge in [-0.25, -0.2) is 4.98 Å². The van der Waals surface area contributed by atoms with Crippen molar-refractivity contribution in [3.05, 3.63) is 23.5 Å². The van der Waals surface area contributed by atoms with Crippen LogP contribution in [0.5, 0.6) is 0 Å². The minimum absolute atomic E-state index is 0. The molecule has 3 heterocycles. The van der Waals surface area contributed by atoms with Crippen LogP contribution in [0.15, 0.2) is 12.3 Å². The molecule has 0 atom stereocenters. The number of halogens is 2. The monoisotopic (exact) mass is 359 g/mol. The Balaban J connectivity index is 0.00000132. The summed E-state index contributed by atoms with van der Waals surface area (Å²) in [6.07, 6.45) is 3.75. The number of aromatic amines is 1. The van der Waals surface area contributed by atoms with Gasteiger partial charge in [0.05, 0.1) is 5.56 Å². The predicted octanol–water partition coefficient (Wildman–Crippen LogP) is 2.18. The lowest BCUT2D eigenvalue weighted by Crippen LogP contribution is -2.40. The van der Waals surface area contributed by atoms with Gasteiger partial charge in [-0.15, -0.1) is 24.8 Å². The van der Waals surface area contributed by atoms with Crippen molar-refractivity contribution in [2.45, 2.75) is 19.8 Å². The Labute approximate surface area is 148 Å². The van der Waals surface area contributed by atoms with Crippen LogP contribution in [0.3, 0.4) is 0 Å². The molecule has 0 bridgehead atoms. The summed E-state index contributed by atoms with van der Waals surface area (Å²) in [6, 6.07) is 1.89. The number of hydrogen-bond donors (Lipinski definition) is 2. The number of H-pyrrole nitrogens is 1. The number of fused-ring (bicyclic) bond motifs is 1. The first kappa shape index (κ1) is 19.7. The van der Waals surface area contributed by atoms with Crippen molar-refractivity contribution in [2.24, 2.45) is 5.92 Å². The molecule has 1 fully saturated rings. The fraction of sp³-hybridized carbons (Fsp3) is 0.533. The van der Waals surface area contributed by atoms with Crippen LogP contribution < -0.4 is 5.32 Å². The van der Waals surface area contributed by atoms with Gasteiger partial charge in [0.2, 0.25) is 0 Å². The highest BCUT2D eigenvalue weighted by Crippen LogP contribution is 2.20. The molecule has 3 rings (SSSR count). The molecule has 1 aliphatic rings. The lowest BCUT2D eigenvalue weighted by Gasteiger charge is -2.31. The third-order valence-electron chi connectivity index (χ3n) is 4.24. The fourth-order valence-corrected chi connectivity index (χ4v) is 2.95. The van der Waals surface area contributed by atoms with Crippen LogP contribution in [0.25, 0.3) is 11.0 Å². The summed E-state index contributed by atoms with van der Waals surface area (Å²) in [4.78, 5) is 18.8. The second-order valence-corrected chi connectivity index (χ2v) is 5.74. The number of pyridine rings is 1. The summed E-state index contributed by atoms with van der Waals surface area (Å²) in [6.45, 7) is 4.62. The molecule has 1 aliphatic heterocycles. The lowest BCUT2D eigenvalue weighted by molar-refractivity contribution is 0.0690. The summed E-state index contributed by atoms with van der Waals surface area (Å²) < 4.78 is 0. The van der Waals surface area contributed by atoms with Gasteiger partial charge in [0.25, 0.3) is 5.91 Å². The third-order valence-corrected chi connectivity index (χ3v) is 4.24. The number of aryl methyl sites for hydroxylation is 1. The van der Waals surface area contributed by atoms with Gasteiger partial charge >= 0.3 is 0 Å². The van der Waals surface area contributed by atoms with Crippen molar-refractivity contribution >= 4 is 41.8 Å². The Kier molecular flexibility index (Phi) is 7.25. The Morgan fingerprint density at radius 3 is 2.74 bits per heavy atom. The van der Waals surface area contributed by atoms with Crippen LogP contribution >= 0.6 is 24.8 Å². The maximum Gasteiger partial charge on any atom is 0.255 e. The molecule has 6 nitrogen and oxygen atoms in total. The van der Waals surface area contributed by atoms with Gasteiger partial charge in [0, 0.05) is 30.4 Å². The normalized spacial score (nSPS) is 15.1. The molecular formula is C15H23Cl2N5O. The smallest absolute Gasteiger partial charge is 0.255 e. The molecule has 0 unspecified atom stereocenters. The summed E-state index contributed by atoms with van der Waals surface area (Å²) >= 11 is 0. The van der Waals surface area contributed by atoms with Gasteiger partial charge in [-0.3, -0.25) is 9.89 Å². The van der Waals surface area contributed by atoms with E-state index in [-0.39, 0.29) is 30.7 Å². The van der Waals surface area contributed by atoms with Gasteiger partial charge in [-0.2, -0.15) is 5.10 Å². The van der Waals surface area contributed by atoms with Crippen molar-refractivity contribution in [3.8, 4) is 0 Å². The predicted molar refractivity (Wildman–Crippen MR) is 95.7 cm³/mol. The number of piperidine rings is 1.